The largest absolute Gasteiger partial charge is 0.372 e. The van der Waals surface area contributed by atoms with Crippen molar-refractivity contribution in [3.63, 3.8) is 0 Å². The SMILES string of the molecule is N#Cc1ccc(COCc2cccc(Br)c2)c(Cl)c1. The van der Waals surface area contributed by atoms with Gasteiger partial charge in [-0.05, 0) is 35.4 Å². The second kappa shape index (κ2) is 6.72. The fourth-order valence-corrected chi connectivity index (χ4v) is 2.32. The van der Waals surface area contributed by atoms with E-state index in [1.807, 2.05) is 30.3 Å². The molecule has 0 heterocycles. The number of halogens is 2. The standard InChI is InChI=1S/C15H11BrClNO/c16-14-3-1-2-12(6-14)9-19-10-13-5-4-11(8-18)7-15(13)17/h1-7H,9-10H2. The van der Waals surface area contributed by atoms with Gasteiger partial charge in [0.1, 0.15) is 0 Å². The molecule has 0 spiro atoms. The molecule has 0 fully saturated rings. The maximum atomic E-state index is 8.76. The highest BCUT2D eigenvalue weighted by atomic mass is 79.9. The van der Waals surface area contributed by atoms with E-state index in [0.29, 0.717) is 23.8 Å². The summed E-state index contributed by atoms with van der Waals surface area (Å²) in [5.41, 5.74) is 2.54. The summed E-state index contributed by atoms with van der Waals surface area (Å²) < 4.78 is 6.66. The zero-order valence-electron chi connectivity index (χ0n) is 10.1. The van der Waals surface area contributed by atoms with Crippen molar-refractivity contribution in [2.75, 3.05) is 0 Å². The maximum absolute atomic E-state index is 8.76. The molecule has 0 radical (unpaired) electrons. The van der Waals surface area contributed by atoms with Crippen LogP contribution in [0.25, 0.3) is 0 Å². The normalized spacial score (nSPS) is 10.2. The Kier molecular flexibility index (Phi) is 4.98. The van der Waals surface area contributed by atoms with Gasteiger partial charge in [-0.3, -0.25) is 0 Å². The van der Waals surface area contributed by atoms with Gasteiger partial charge in [-0.1, -0.05) is 45.7 Å². The Hall–Kier alpha value is -1.34. The van der Waals surface area contributed by atoms with Crippen LogP contribution in [-0.4, -0.2) is 0 Å². The van der Waals surface area contributed by atoms with Crippen molar-refractivity contribution in [2.24, 2.45) is 0 Å². The molecule has 2 rings (SSSR count). The van der Waals surface area contributed by atoms with E-state index in [0.717, 1.165) is 15.6 Å². The van der Waals surface area contributed by atoms with Crippen LogP contribution < -0.4 is 0 Å². The minimum atomic E-state index is 0.428. The zero-order valence-corrected chi connectivity index (χ0v) is 12.4. The summed E-state index contributed by atoms with van der Waals surface area (Å²) in [6, 6.07) is 15.2. The van der Waals surface area contributed by atoms with Crippen molar-refractivity contribution in [2.45, 2.75) is 13.2 Å². The van der Waals surface area contributed by atoms with Gasteiger partial charge in [0.15, 0.2) is 0 Å². The summed E-state index contributed by atoms with van der Waals surface area (Å²) >= 11 is 9.50. The zero-order chi connectivity index (χ0) is 13.7. The van der Waals surface area contributed by atoms with Crippen LogP contribution in [0.1, 0.15) is 16.7 Å². The molecule has 0 bridgehead atoms. The molecule has 2 nitrogen and oxygen atoms in total. The van der Waals surface area contributed by atoms with E-state index in [1.54, 1.807) is 12.1 Å². The van der Waals surface area contributed by atoms with Crippen molar-refractivity contribution in [3.05, 3.63) is 68.7 Å². The van der Waals surface area contributed by atoms with Gasteiger partial charge in [-0.15, -0.1) is 0 Å². The number of hydrogen-bond donors (Lipinski definition) is 0. The van der Waals surface area contributed by atoms with Crippen LogP contribution in [0.2, 0.25) is 5.02 Å². The summed E-state index contributed by atoms with van der Waals surface area (Å²) in [6.45, 7) is 0.951. The molecule has 0 unspecified atom stereocenters. The average molecular weight is 337 g/mol. The molecule has 0 N–H and O–H groups in total. The lowest BCUT2D eigenvalue weighted by Crippen LogP contribution is -1.95. The second-order valence-corrected chi connectivity index (χ2v) is 5.36. The predicted octanol–water partition coefficient (Wildman–Crippen LogP) is 4.69. The molecule has 0 amide bonds. The van der Waals surface area contributed by atoms with Crippen molar-refractivity contribution >= 4 is 27.5 Å². The van der Waals surface area contributed by atoms with E-state index in [2.05, 4.69) is 22.0 Å². The second-order valence-electron chi connectivity index (χ2n) is 4.04. The van der Waals surface area contributed by atoms with Gasteiger partial charge < -0.3 is 4.74 Å². The summed E-state index contributed by atoms with van der Waals surface area (Å²) in [5, 5.41) is 9.32. The molecule has 0 saturated heterocycles. The Bertz CT molecular complexity index is 622. The van der Waals surface area contributed by atoms with Gasteiger partial charge in [-0.2, -0.15) is 5.26 Å². The molecule has 0 aliphatic carbocycles. The third kappa shape index (κ3) is 4.07. The molecule has 2 aromatic rings. The Morgan fingerprint density at radius 2 is 2.00 bits per heavy atom. The van der Waals surface area contributed by atoms with Crippen molar-refractivity contribution in [3.8, 4) is 6.07 Å². The summed E-state index contributed by atoms with van der Waals surface area (Å²) in [7, 11) is 0. The molecule has 0 aliphatic heterocycles. The fourth-order valence-electron chi connectivity index (χ4n) is 1.64. The first-order valence-electron chi connectivity index (χ1n) is 5.70. The minimum absolute atomic E-state index is 0.428. The fraction of sp³-hybridized carbons (Fsp3) is 0.133. The van der Waals surface area contributed by atoms with Gasteiger partial charge in [0.25, 0.3) is 0 Å². The van der Waals surface area contributed by atoms with Crippen molar-refractivity contribution in [1.82, 2.24) is 0 Å². The third-order valence-electron chi connectivity index (χ3n) is 2.60. The molecule has 0 aromatic heterocycles. The topological polar surface area (TPSA) is 33.0 Å². The highest BCUT2D eigenvalue weighted by molar-refractivity contribution is 9.10. The summed E-state index contributed by atoms with van der Waals surface area (Å²) in [6.07, 6.45) is 0. The minimum Gasteiger partial charge on any atom is -0.372 e. The van der Waals surface area contributed by atoms with Gasteiger partial charge in [-0.25, -0.2) is 0 Å². The first kappa shape index (κ1) is 14.1. The van der Waals surface area contributed by atoms with Gasteiger partial charge in [0.2, 0.25) is 0 Å². The lowest BCUT2D eigenvalue weighted by molar-refractivity contribution is 0.107. The van der Waals surface area contributed by atoms with Crippen molar-refractivity contribution < 1.29 is 4.74 Å². The van der Waals surface area contributed by atoms with Crippen LogP contribution in [0.3, 0.4) is 0 Å². The third-order valence-corrected chi connectivity index (χ3v) is 3.44. The van der Waals surface area contributed by atoms with Gasteiger partial charge in [0.05, 0.1) is 24.8 Å². The van der Waals surface area contributed by atoms with Crippen LogP contribution in [0.4, 0.5) is 0 Å². The molecule has 0 atom stereocenters. The number of hydrogen-bond acceptors (Lipinski definition) is 2. The number of rotatable bonds is 4. The number of benzene rings is 2. The first-order chi connectivity index (χ1) is 9.19. The van der Waals surface area contributed by atoms with Crippen LogP contribution in [0.15, 0.2) is 46.9 Å². The van der Waals surface area contributed by atoms with E-state index in [4.69, 9.17) is 21.6 Å². The smallest absolute Gasteiger partial charge is 0.0992 e. The number of nitrogens with zero attached hydrogens (tertiary/aromatic N) is 1. The maximum Gasteiger partial charge on any atom is 0.0992 e. The van der Waals surface area contributed by atoms with E-state index >= 15 is 0 Å². The van der Waals surface area contributed by atoms with E-state index in [1.165, 1.54) is 0 Å². The van der Waals surface area contributed by atoms with Crippen LogP contribution in [-0.2, 0) is 18.0 Å². The predicted molar refractivity (Wildman–Crippen MR) is 78.8 cm³/mol. The van der Waals surface area contributed by atoms with Crippen molar-refractivity contribution in [1.29, 1.82) is 5.26 Å². The molecule has 19 heavy (non-hydrogen) atoms. The number of nitriles is 1. The Morgan fingerprint density at radius 3 is 2.68 bits per heavy atom. The van der Waals surface area contributed by atoms with Gasteiger partial charge >= 0.3 is 0 Å². The summed E-state index contributed by atoms with van der Waals surface area (Å²) in [5.74, 6) is 0. The van der Waals surface area contributed by atoms with Crippen LogP contribution in [0.5, 0.6) is 0 Å². The van der Waals surface area contributed by atoms with Crippen LogP contribution >= 0.6 is 27.5 Å². The molecule has 96 valence electrons. The highest BCUT2D eigenvalue weighted by Crippen LogP contribution is 2.19. The molecule has 4 heteroatoms. The van der Waals surface area contributed by atoms with Crippen LogP contribution in [0, 0.1) is 11.3 Å². The Morgan fingerprint density at radius 1 is 1.16 bits per heavy atom. The van der Waals surface area contributed by atoms with Gasteiger partial charge in [0, 0.05) is 9.50 Å². The molecular weight excluding hydrogens is 326 g/mol. The summed E-state index contributed by atoms with van der Waals surface area (Å²) in [4.78, 5) is 0. The molecule has 0 aliphatic rings. The molecular formula is C15H11BrClNO. The Labute approximate surface area is 125 Å². The lowest BCUT2D eigenvalue weighted by Gasteiger charge is -2.07. The monoisotopic (exact) mass is 335 g/mol. The quantitative estimate of drug-likeness (QED) is 0.811. The van der Waals surface area contributed by atoms with E-state index in [-0.39, 0.29) is 0 Å². The highest BCUT2D eigenvalue weighted by Gasteiger charge is 2.02. The first-order valence-corrected chi connectivity index (χ1v) is 6.87. The molecule has 2 aromatic carbocycles. The van der Waals surface area contributed by atoms with E-state index < -0.39 is 0 Å². The molecule has 0 saturated carbocycles. The Balaban J connectivity index is 1.94. The van der Waals surface area contributed by atoms with E-state index in [9.17, 15) is 0 Å². The average Bonchev–Trinajstić information content (AvgIpc) is 2.40. The lowest BCUT2D eigenvalue weighted by atomic mass is 10.1. The number of ether oxygens (including phenoxy) is 1.